The average molecular weight is 293 g/mol. The maximum absolute atomic E-state index is 9.79. The Morgan fingerprint density at radius 1 is 1.38 bits per heavy atom. The number of hydrogen-bond donors (Lipinski definition) is 2. The van der Waals surface area contributed by atoms with Crippen LogP contribution in [0, 0.1) is 5.92 Å². The highest BCUT2D eigenvalue weighted by molar-refractivity contribution is 5.02. The van der Waals surface area contributed by atoms with Crippen molar-refractivity contribution in [2.45, 2.75) is 77.4 Å². The highest BCUT2D eigenvalue weighted by Crippen LogP contribution is 2.31. The topological polar surface area (TPSA) is 50.1 Å². The predicted molar refractivity (Wildman–Crippen MR) is 86.1 cm³/mol. The Hall–Kier alpha value is -0.870. The van der Waals surface area contributed by atoms with E-state index in [4.69, 9.17) is 0 Å². The molecular formula is C17H31N3O. The Balaban J connectivity index is 1.92. The maximum atomic E-state index is 9.79. The number of hydrogen-bond acceptors (Lipinski definition) is 3. The Bertz CT molecular complexity index is 417. The maximum Gasteiger partial charge on any atom is 0.0762 e. The van der Waals surface area contributed by atoms with Crippen molar-refractivity contribution in [1.82, 2.24) is 15.1 Å². The molecule has 1 aromatic rings. The van der Waals surface area contributed by atoms with E-state index in [0.29, 0.717) is 6.04 Å². The second kappa shape index (κ2) is 7.41. The first-order valence-corrected chi connectivity index (χ1v) is 8.52. The number of nitrogens with zero attached hydrogens (tertiary/aromatic N) is 2. The van der Waals surface area contributed by atoms with Gasteiger partial charge in [-0.3, -0.25) is 4.68 Å². The fourth-order valence-corrected chi connectivity index (χ4v) is 3.32. The molecule has 2 rings (SSSR count). The molecule has 0 radical (unpaired) electrons. The number of aliphatic hydroxyl groups is 1. The highest BCUT2D eigenvalue weighted by Gasteiger charge is 2.33. The smallest absolute Gasteiger partial charge is 0.0762 e. The molecule has 0 saturated heterocycles. The fourth-order valence-electron chi connectivity index (χ4n) is 3.32. The summed E-state index contributed by atoms with van der Waals surface area (Å²) >= 11 is 0. The molecule has 0 unspecified atom stereocenters. The number of nitrogens with one attached hydrogen (secondary N) is 1. The van der Waals surface area contributed by atoms with E-state index in [1.165, 1.54) is 12.8 Å². The highest BCUT2D eigenvalue weighted by atomic mass is 16.3. The minimum atomic E-state index is -0.0921. The van der Waals surface area contributed by atoms with E-state index >= 15 is 0 Å². The zero-order chi connectivity index (χ0) is 15.3. The zero-order valence-electron chi connectivity index (χ0n) is 13.8. The molecule has 4 heteroatoms. The van der Waals surface area contributed by atoms with Crippen LogP contribution >= 0.6 is 0 Å². The molecule has 0 aromatic carbocycles. The van der Waals surface area contributed by atoms with Crippen molar-refractivity contribution < 1.29 is 5.11 Å². The van der Waals surface area contributed by atoms with E-state index < -0.39 is 0 Å². The second-order valence-electron chi connectivity index (χ2n) is 6.73. The molecule has 0 spiro atoms. The van der Waals surface area contributed by atoms with Crippen molar-refractivity contribution >= 4 is 0 Å². The lowest BCUT2D eigenvalue weighted by molar-refractivity contribution is 0.104. The number of aliphatic hydroxyl groups excluding tert-OH is 1. The van der Waals surface area contributed by atoms with Crippen LogP contribution < -0.4 is 5.32 Å². The van der Waals surface area contributed by atoms with Crippen molar-refractivity contribution in [3.05, 3.63) is 18.0 Å². The first-order chi connectivity index (χ1) is 10.1. The van der Waals surface area contributed by atoms with Crippen LogP contribution in [0.25, 0.3) is 0 Å². The van der Waals surface area contributed by atoms with E-state index in [2.05, 4.69) is 48.1 Å². The van der Waals surface area contributed by atoms with Crippen LogP contribution in [0.1, 0.15) is 71.0 Å². The first kappa shape index (κ1) is 16.5. The summed E-state index contributed by atoms with van der Waals surface area (Å²) in [5, 5.41) is 18.1. The van der Waals surface area contributed by atoms with Gasteiger partial charge in [0.05, 0.1) is 18.3 Å². The van der Waals surface area contributed by atoms with Gasteiger partial charge >= 0.3 is 0 Å². The van der Waals surface area contributed by atoms with Crippen molar-refractivity contribution in [3.63, 3.8) is 0 Å². The van der Waals surface area contributed by atoms with Gasteiger partial charge in [0.2, 0.25) is 0 Å². The molecule has 1 aliphatic carbocycles. The van der Waals surface area contributed by atoms with Crippen molar-refractivity contribution in [1.29, 1.82) is 0 Å². The van der Waals surface area contributed by atoms with Gasteiger partial charge in [0, 0.05) is 18.3 Å². The Morgan fingerprint density at radius 3 is 2.62 bits per heavy atom. The molecule has 1 fully saturated rings. The summed E-state index contributed by atoms with van der Waals surface area (Å²) in [5.74, 6) is 0.792. The van der Waals surface area contributed by atoms with E-state index in [1.807, 2.05) is 0 Å². The molecule has 2 N–H and O–H groups in total. The number of rotatable bonds is 7. The van der Waals surface area contributed by atoms with E-state index in [-0.39, 0.29) is 12.1 Å². The molecule has 21 heavy (non-hydrogen) atoms. The predicted octanol–water partition coefficient (Wildman–Crippen LogP) is 3.28. The van der Waals surface area contributed by atoms with Crippen LogP contribution in [0.3, 0.4) is 0 Å². The molecule has 0 atom stereocenters. The van der Waals surface area contributed by atoms with Gasteiger partial charge in [-0.2, -0.15) is 5.10 Å². The van der Waals surface area contributed by atoms with Crippen LogP contribution in [0.2, 0.25) is 0 Å². The summed E-state index contributed by atoms with van der Waals surface area (Å²) in [5.41, 5.74) is 0.985. The summed E-state index contributed by atoms with van der Waals surface area (Å²) in [7, 11) is 0. The minimum Gasteiger partial charge on any atom is -0.394 e. The third-order valence-corrected chi connectivity index (χ3v) is 5.16. The zero-order valence-corrected chi connectivity index (χ0v) is 13.8. The van der Waals surface area contributed by atoms with Crippen LogP contribution in [0.4, 0.5) is 0 Å². The van der Waals surface area contributed by atoms with Crippen LogP contribution in [-0.2, 0) is 6.54 Å². The van der Waals surface area contributed by atoms with Crippen molar-refractivity contribution in [2.24, 2.45) is 5.92 Å². The Labute approximate surface area is 128 Å². The van der Waals surface area contributed by atoms with Crippen LogP contribution in [0.15, 0.2) is 12.3 Å². The normalized spacial score (nSPS) is 26.4. The van der Waals surface area contributed by atoms with Crippen LogP contribution in [0.5, 0.6) is 0 Å². The molecular weight excluding hydrogens is 262 g/mol. The van der Waals surface area contributed by atoms with E-state index in [0.717, 1.165) is 43.8 Å². The lowest BCUT2D eigenvalue weighted by Crippen LogP contribution is -2.50. The van der Waals surface area contributed by atoms with Gasteiger partial charge in [-0.25, -0.2) is 0 Å². The second-order valence-corrected chi connectivity index (χ2v) is 6.73. The van der Waals surface area contributed by atoms with Gasteiger partial charge in [0.25, 0.3) is 0 Å². The van der Waals surface area contributed by atoms with Gasteiger partial charge in [-0.1, -0.05) is 20.8 Å². The quantitative estimate of drug-likeness (QED) is 0.811. The Kier molecular flexibility index (Phi) is 5.82. The van der Waals surface area contributed by atoms with Crippen molar-refractivity contribution in [2.75, 3.05) is 6.61 Å². The molecule has 1 aliphatic rings. The van der Waals surface area contributed by atoms with Gasteiger partial charge < -0.3 is 10.4 Å². The van der Waals surface area contributed by atoms with Gasteiger partial charge in [0.1, 0.15) is 0 Å². The standard InChI is InChI=1S/C17H31N3O/c1-4-16(5-2)20-11-8-15(19-20)12-18-17(13-21)9-6-14(3)7-10-17/h8,11,14,16,18,21H,4-7,9-10,12-13H2,1-3H3. The Morgan fingerprint density at radius 2 is 2.05 bits per heavy atom. The molecule has 120 valence electrons. The minimum absolute atomic E-state index is 0.0921. The van der Waals surface area contributed by atoms with Gasteiger partial charge in [0.15, 0.2) is 0 Å². The van der Waals surface area contributed by atoms with E-state index in [9.17, 15) is 5.11 Å². The lowest BCUT2D eigenvalue weighted by Gasteiger charge is -2.38. The third-order valence-electron chi connectivity index (χ3n) is 5.16. The average Bonchev–Trinajstić information content (AvgIpc) is 2.97. The molecule has 0 bridgehead atoms. The molecule has 1 heterocycles. The molecule has 1 saturated carbocycles. The summed E-state index contributed by atoms with van der Waals surface area (Å²) in [4.78, 5) is 0. The largest absolute Gasteiger partial charge is 0.394 e. The molecule has 0 aliphatic heterocycles. The SMILES string of the molecule is CCC(CC)n1ccc(CNC2(CO)CCC(C)CC2)n1. The first-order valence-electron chi connectivity index (χ1n) is 8.52. The summed E-state index contributed by atoms with van der Waals surface area (Å²) in [6.07, 6.45) is 8.86. The van der Waals surface area contributed by atoms with Gasteiger partial charge in [-0.15, -0.1) is 0 Å². The van der Waals surface area contributed by atoms with E-state index in [1.54, 1.807) is 0 Å². The number of aromatic nitrogens is 2. The summed E-state index contributed by atoms with van der Waals surface area (Å²) in [6, 6.07) is 2.60. The molecule has 1 aromatic heterocycles. The van der Waals surface area contributed by atoms with Crippen LogP contribution in [-0.4, -0.2) is 27.0 Å². The van der Waals surface area contributed by atoms with Crippen molar-refractivity contribution in [3.8, 4) is 0 Å². The summed E-state index contributed by atoms with van der Waals surface area (Å²) in [6.45, 7) is 7.70. The molecule has 4 nitrogen and oxygen atoms in total. The van der Waals surface area contributed by atoms with Gasteiger partial charge in [-0.05, 0) is 50.5 Å². The lowest BCUT2D eigenvalue weighted by atomic mass is 9.77. The molecule has 0 amide bonds. The monoisotopic (exact) mass is 293 g/mol. The fraction of sp³-hybridized carbons (Fsp3) is 0.824. The summed E-state index contributed by atoms with van der Waals surface area (Å²) < 4.78 is 2.09. The third kappa shape index (κ3) is 4.07.